The van der Waals surface area contributed by atoms with Crippen LogP contribution in [0.2, 0.25) is 0 Å². The Morgan fingerprint density at radius 3 is 2.53 bits per heavy atom. The lowest BCUT2D eigenvalue weighted by molar-refractivity contribution is -0.127. The summed E-state index contributed by atoms with van der Waals surface area (Å²) in [5.74, 6) is -0.434. The maximum Gasteiger partial charge on any atom is 0.294 e. The molecule has 2 aromatic rings. The van der Waals surface area contributed by atoms with Gasteiger partial charge in [0.25, 0.3) is 11.1 Å². The van der Waals surface area contributed by atoms with E-state index in [0.29, 0.717) is 29.4 Å². The lowest BCUT2D eigenvalue weighted by Gasteiger charge is -2.15. The third-order valence-corrected chi connectivity index (χ3v) is 5.14. The molecule has 3 amide bonds. The number of benzene rings is 2. The minimum atomic E-state index is -0.561. The van der Waals surface area contributed by atoms with Crippen LogP contribution in [-0.2, 0) is 9.59 Å². The number of nitrogens with zero attached hydrogens (tertiary/aromatic N) is 1. The molecule has 0 saturated carbocycles. The average Bonchev–Trinajstić information content (AvgIpc) is 2.99. The molecular formula is C23H23FN2O5S. The van der Waals surface area contributed by atoms with Crippen LogP contribution in [-0.4, -0.2) is 41.2 Å². The fraction of sp³-hybridized carbons (Fsp3) is 0.261. The van der Waals surface area contributed by atoms with E-state index in [1.165, 1.54) is 24.3 Å². The number of nitrogens with one attached hydrogen (secondary N) is 1. The molecule has 0 aliphatic carbocycles. The molecule has 1 saturated heterocycles. The minimum Gasteiger partial charge on any atom is -0.490 e. The molecule has 1 aliphatic rings. The van der Waals surface area contributed by atoms with E-state index in [-0.39, 0.29) is 11.0 Å². The Hall–Kier alpha value is -3.33. The van der Waals surface area contributed by atoms with Crippen LogP contribution in [0.3, 0.4) is 0 Å². The molecule has 3 rings (SSSR count). The molecule has 0 unspecified atom stereocenters. The van der Waals surface area contributed by atoms with Crippen LogP contribution in [0.15, 0.2) is 47.4 Å². The fourth-order valence-corrected chi connectivity index (χ4v) is 3.74. The topological polar surface area (TPSA) is 84.9 Å². The molecule has 1 N–H and O–H groups in total. The van der Waals surface area contributed by atoms with Gasteiger partial charge in [-0.25, -0.2) is 4.39 Å². The average molecular weight is 459 g/mol. The monoisotopic (exact) mass is 458 g/mol. The molecule has 9 heteroatoms. The van der Waals surface area contributed by atoms with Crippen molar-refractivity contribution < 1.29 is 28.2 Å². The molecule has 0 bridgehead atoms. The highest BCUT2D eigenvalue weighted by Crippen LogP contribution is 2.35. The van der Waals surface area contributed by atoms with Crippen molar-refractivity contribution in [3.05, 3.63) is 58.8 Å². The number of carbonyl (C=O) groups is 3. The SMILES string of the molecule is CCOc1cc(/C=C2/SC(=O)N(CC(=O)Nc3ccc(F)cc3)C2=O)ccc1OC(C)C. The number of ether oxygens (including phenoxy) is 2. The van der Waals surface area contributed by atoms with E-state index in [4.69, 9.17) is 9.47 Å². The molecule has 1 fully saturated rings. The summed E-state index contributed by atoms with van der Waals surface area (Å²) in [6, 6.07) is 10.4. The van der Waals surface area contributed by atoms with Gasteiger partial charge in [0.05, 0.1) is 17.6 Å². The molecule has 168 valence electrons. The first-order chi connectivity index (χ1) is 15.3. The number of rotatable bonds is 8. The molecule has 0 spiro atoms. The number of anilines is 1. The van der Waals surface area contributed by atoms with E-state index in [9.17, 15) is 18.8 Å². The fourth-order valence-electron chi connectivity index (χ4n) is 2.90. The molecule has 32 heavy (non-hydrogen) atoms. The van der Waals surface area contributed by atoms with Crippen molar-refractivity contribution in [1.82, 2.24) is 4.90 Å². The zero-order chi connectivity index (χ0) is 23.3. The molecule has 0 radical (unpaired) electrons. The van der Waals surface area contributed by atoms with Crippen LogP contribution in [0, 0.1) is 5.82 Å². The number of halogens is 1. The quantitative estimate of drug-likeness (QED) is 0.578. The Labute approximate surface area is 189 Å². The second-order valence-corrected chi connectivity index (χ2v) is 8.12. The van der Waals surface area contributed by atoms with Gasteiger partial charge in [0, 0.05) is 5.69 Å². The van der Waals surface area contributed by atoms with Gasteiger partial charge in [-0.15, -0.1) is 0 Å². The first kappa shape index (κ1) is 23.3. The van der Waals surface area contributed by atoms with Gasteiger partial charge < -0.3 is 14.8 Å². The summed E-state index contributed by atoms with van der Waals surface area (Å²) < 4.78 is 24.3. The summed E-state index contributed by atoms with van der Waals surface area (Å²) in [7, 11) is 0. The molecule has 0 atom stereocenters. The summed E-state index contributed by atoms with van der Waals surface area (Å²) >= 11 is 0.758. The molecule has 1 aliphatic heterocycles. The third kappa shape index (κ3) is 5.88. The summed E-state index contributed by atoms with van der Waals surface area (Å²) in [5, 5.41) is 1.99. The first-order valence-corrected chi connectivity index (χ1v) is 10.8. The van der Waals surface area contributed by atoms with Crippen molar-refractivity contribution >= 4 is 40.6 Å². The molecule has 1 heterocycles. The predicted octanol–water partition coefficient (Wildman–Crippen LogP) is 4.69. The van der Waals surface area contributed by atoms with Gasteiger partial charge in [-0.3, -0.25) is 19.3 Å². The maximum absolute atomic E-state index is 13.0. The Kier molecular flexibility index (Phi) is 7.53. The predicted molar refractivity (Wildman–Crippen MR) is 121 cm³/mol. The number of hydrogen-bond acceptors (Lipinski definition) is 6. The van der Waals surface area contributed by atoms with Crippen molar-refractivity contribution in [3.63, 3.8) is 0 Å². The number of carbonyl (C=O) groups excluding carboxylic acids is 3. The highest BCUT2D eigenvalue weighted by molar-refractivity contribution is 8.18. The van der Waals surface area contributed by atoms with E-state index >= 15 is 0 Å². The van der Waals surface area contributed by atoms with E-state index in [1.54, 1.807) is 24.3 Å². The molecule has 7 nitrogen and oxygen atoms in total. The number of hydrogen-bond donors (Lipinski definition) is 1. The number of amides is 3. The summed E-state index contributed by atoms with van der Waals surface area (Å²) in [5.41, 5.74) is 1.02. The summed E-state index contributed by atoms with van der Waals surface area (Å²) in [4.78, 5) is 38.3. The highest BCUT2D eigenvalue weighted by Gasteiger charge is 2.36. The van der Waals surface area contributed by atoms with Crippen LogP contribution >= 0.6 is 11.8 Å². The lowest BCUT2D eigenvalue weighted by Crippen LogP contribution is -2.36. The van der Waals surface area contributed by atoms with Gasteiger partial charge in [0.15, 0.2) is 11.5 Å². The Balaban J connectivity index is 1.72. The van der Waals surface area contributed by atoms with Gasteiger partial charge in [0.1, 0.15) is 12.4 Å². The van der Waals surface area contributed by atoms with Crippen molar-refractivity contribution in [2.45, 2.75) is 26.9 Å². The van der Waals surface area contributed by atoms with Crippen molar-refractivity contribution in [2.75, 3.05) is 18.5 Å². The van der Waals surface area contributed by atoms with E-state index in [0.717, 1.165) is 16.7 Å². The van der Waals surface area contributed by atoms with Crippen molar-refractivity contribution in [3.8, 4) is 11.5 Å². The van der Waals surface area contributed by atoms with Gasteiger partial charge in [-0.05, 0) is 80.6 Å². The van der Waals surface area contributed by atoms with E-state index < -0.39 is 29.4 Å². The van der Waals surface area contributed by atoms with Gasteiger partial charge >= 0.3 is 0 Å². The van der Waals surface area contributed by atoms with E-state index in [1.807, 2.05) is 20.8 Å². The van der Waals surface area contributed by atoms with Crippen LogP contribution in [0.5, 0.6) is 11.5 Å². The summed E-state index contributed by atoms with van der Waals surface area (Å²) in [6.07, 6.45) is 1.54. The zero-order valence-electron chi connectivity index (χ0n) is 17.9. The number of imide groups is 1. The second-order valence-electron chi connectivity index (χ2n) is 7.13. The Morgan fingerprint density at radius 1 is 1.16 bits per heavy atom. The lowest BCUT2D eigenvalue weighted by atomic mass is 10.1. The van der Waals surface area contributed by atoms with Crippen molar-refractivity contribution in [2.24, 2.45) is 0 Å². The Bertz CT molecular complexity index is 1050. The van der Waals surface area contributed by atoms with Crippen LogP contribution in [0.1, 0.15) is 26.3 Å². The van der Waals surface area contributed by atoms with Crippen LogP contribution in [0.4, 0.5) is 14.9 Å². The maximum atomic E-state index is 13.0. The van der Waals surface area contributed by atoms with Gasteiger partial charge in [-0.1, -0.05) is 6.07 Å². The smallest absolute Gasteiger partial charge is 0.294 e. The zero-order valence-corrected chi connectivity index (χ0v) is 18.7. The van der Waals surface area contributed by atoms with E-state index in [2.05, 4.69) is 5.32 Å². The molecular weight excluding hydrogens is 435 g/mol. The summed E-state index contributed by atoms with van der Waals surface area (Å²) in [6.45, 7) is 5.67. The van der Waals surface area contributed by atoms with Gasteiger partial charge in [-0.2, -0.15) is 0 Å². The third-order valence-electron chi connectivity index (χ3n) is 4.23. The largest absolute Gasteiger partial charge is 0.490 e. The van der Waals surface area contributed by atoms with Crippen LogP contribution < -0.4 is 14.8 Å². The molecule has 2 aromatic carbocycles. The highest BCUT2D eigenvalue weighted by atomic mass is 32.2. The first-order valence-electron chi connectivity index (χ1n) is 10.0. The standard InChI is InChI=1S/C23H23FN2O5S/c1-4-30-19-11-15(5-10-18(19)31-14(2)3)12-20-22(28)26(23(29)32-20)13-21(27)25-17-8-6-16(24)7-9-17/h5-12,14H,4,13H2,1-3H3,(H,25,27)/b20-12+. The van der Waals surface area contributed by atoms with Crippen LogP contribution in [0.25, 0.3) is 6.08 Å². The Morgan fingerprint density at radius 2 is 1.88 bits per heavy atom. The molecule has 0 aromatic heterocycles. The van der Waals surface area contributed by atoms with Gasteiger partial charge in [0.2, 0.25) is 5.91 Å². The normalized spacial score (nSPS) is 14.9. The van der Waals surface area contributed by atoms with Crippen molar-refractivity contribution in [1.29, 1.82) is 0 Å². The number of thioether (sulfide) groups is 1. The minimum absolute atomic E-state index is 0.0300. The second kappa shape index (κ2) is 10.3.